The van der Waals surface area contributed by atoms with E-state index in [1.54, 1.807) is 47.6 Å². The summed E-state index contributed by atoms with van der Waals surface area (Å²) in [6.45, 7) is 0.279. The van der Waals surface area contributed by atoms with Gasteiger partial charge < -0.3 is 9.32 Å². The van der Waals surface area contributed by atoms with E-state index in [9.17, 15) is 9.18 Å². The number of rotatable bonds is 2. The lowest BCUT2D eigenvalue weighted by atomic mass is 10.3. The maximum absolute atomic E-state index is 13.9. The Morgan fingerprint density at radius 3 is 2.91 bits per heavy atom. The number of nitrogens with zero attached hydrogens (tertiary/aromatic N) is 3. The molecule has 2 aliphatic rings. The fraction of sp³-hybridized carbons (Fsp3) is 0.125. The predicted octanol–water partition coefficient (Wildman–Crippen LogP) is 3.13. The van der Waals surface area contributed by atoms with Gasteiger partial charge in [-0.25, -0.2) is 9.38 Å². The maximum atomic E-state index is 13.9. The average molecular weight is 329 g/mol. The molecule has 1 amide bonds. The standard InChI is InChI=1S/C16H12FN3O2S/c17-12-5-1-2-6-14(12)19-9-20-15(21)13(18-16(20)23-10-19)8-11-4-3-7-22-11/h1-8H,9-10H2. The summed E-state index contributed by atoms with van der Waals surface area (Å²) in [5.74, 6) is 0.613. The molecule has 2 aromatic rings. The number of halogens is 1. The number of amides is 1. The highest BCUT2D eigenvalue weighted by molar-refractivity contribution is 8.14. The highest BCUT2D eigenvalue weighted by Gasteiger charge is 2.36. The number of anilines is 1. The summed E-state index contributed by atoms with van der Waals surface area (Å²) in [6.07, 6.45) is 3.16. The second-order valence-corrected chi connectivity index (χ2v) is 5.99. The van der Waals surface area contributed by atoms with Crippen LogP contribution in [0.1, 0.15) is 5.76 Å². The summed E-state index contributed by atoms with van der Waals surface area (Å²) in [5.41, 5.74) is 0.813. The fourth-order valence-electron chi connectivity index (χ4n) is 2.47. The van der Waals surface area contributed by atoms with Gasteiger partial charge in [-0.15, -0.1) is 0 Å². The van der Waals surface area contributed by atoms with Crippen molar-refractivity contribution in [2.45, 2.75) is 0 Å². The molecule has 1 aromatic heterocycles. The Morgan fingerprint density at radius 2 is 2.13 bits per heavy atom. The minimum Gasteiger partial charge on any atom is -0.465 e. The number of fused-ring (bicyclic) bond motifs is 1. The number of furan rings is 1. The number of thioether (sulfide) groups is 1. The van der Waals surface area contributed by atoms with E-state index in [-0.39, 0.29) is 18.4 Å². The van der Waals surface area contributed by atoms with Crippen LogP contribution in [0.25, 0.3) is 6.08 Å². The van der Waals surface area contributed by atoms with E-state index in [0.29, 0.717) is 28.2 Å². The van der Waals surface area contributed by atoms with Crippen LogP contribution in [0.3, 0.4) is 0 Å². The summed E-state index contributed by atoms with van der Waals surface area (Å²) >= 11 is 1.41. The second kappa shape index (κ2) is 5.58. The van der Waals surface area contributed by atoms with Crippen LogP contribution in [0.2, 0.25) is 0 Å². The van der Waals surface area contributed by atoms with Crippen molar-refractivity contribution in [2.75, 3.05) is 17.4 Å². The predicted molar refractivity (Wildman–Crippen MR) is 87.2 cm³/mol. The summed E-state index contributed by atoms with van der Waals surface area (Å²) in [7, 11) is 0. The molecule has 4 rings (SSSR count). The second-order valence-electron chi connectivity index (χ2n) is 5.08. The first-order valence-corrected chi connectivity index (χ1v) is 7.99. The molecule has 0 N–H and O–H groups in total. The van der Waals surface area contributed by atoms with E-state index < -0.39 is 0 Å². The number of aliphatic imine (C=N–C) groups is 1. The first-order chi connectivity index (χ1) is 11.2. The zero-order valence-corrected chi connectivity index (χ0v) is 12.8. The Hall–Kier alpha value is -2.54. The molecule has 0 unspecified atom stereocenters. The minimum absolute atomic E-state index is 0.204. The van der Waals surface area contributed by atoms with Gasteiger partial charge in [0.15, 0.2) is 5.17 Å². The molecule has 0 atom stereocenters. The highest BCUT2D eigenvalue weighted by Crippen LogP contribution is 2.31. The molecular weight excluding hydrogens is 317 g/mol. The normalized spacial score (nSPS) is 19.3. The number of carbonyl (C=O) groups is 1. The molecule has 5 nitrogen and oxygen atoms in total. The van der Waals surface area contributed by atoms with E-state index in [1.165, 1.54) is 17.8 Å². The summed E-state index contributed by atoms with van der Waals surface area (Å²) in [6, 6.07) is 10.1. The van der Waals surface area contributed by atoms with Gasteiger partial charge in [0.05, 0.1) is 17.8 Å². The summed E-state index contributed by atoms with van der Waals surface area (Å²) < 4.78 is 19.2. The molecule has 0 bridgehead atoms. The van der Waals surface area contributed by atoms with Crippen molar-refractivity contribution >= 4 is 34.6 Å². The van der Waals surface area contributed by atoms with Crippen LogP contribution in [0, 0.1) is 5.82 Å². The minimum atomic E-state index is -0.300. The van der Waals surface area contributed by atoms with Gasteiger partial charge in [0.2, 0.25) is 0 Å². The van der Waals surface area contributed by atoms with Crippen molar-refractivity contribution in [1.82, 2.24) is 4.90 Å². The van der Waals surface area contributed by atoms with Crippen LogP contribution in [-0.2, 0) is 4.79 Å². The van der Waals surface area contributed by atoms with E-state index in [0.717, 1.165) is 0 Å². The molecule has 1 aromatic carbocycles. The Balaban J connectivity index is 1.59. The Bertz CT molecular complexity index is 816. The summed E-state index contributed by atoms with van der Waals surface area (Å²) in [5, 5.41) is 0.639. The van der Waals surface area contributed by atoms with Crippen molar-refractivity contribution in [3.63, 3.8) is 0 Å². The lowest BCUT2D eigenvalue weighted by molar-refractivity contribution is -0.122. The van der Waals surface area contributed by atoms with Crippen LogP contribution in [0.5, 0.6) is 0 Å². The van der Waals surface area contributed by atoms with Crippen LogP contribution >= 0.6 is 11.8 Å². The van der Waals surface area contributed by atoms with Gasteiger partial charge in [0.1, 0.15) is 23.9 Å². The largest absolute Gasteiger partial charge is 0.465 e. The van der Waals surface area contributed by atoms with Crippen molar-refractivity contribution in [3.8, 4) is 0 Å². The van der Waals surface area contributed by atoms with Crippen LogP contribution in [0.15, 0.2) is 57.8 Å². The lowest BCUT2D eigenvalue weighted by Gasteiger charge is -2.34. The van der Waals surface area contributed by atoms with Crippen molar-refractivity contribution < 1.29 is 13.6 Å². The number of para-hydroxylation sites is 1. The fourth-order valence-corrected chi connectivity index (χ4v) is 3.43. The van der Waals surface area contributed by atoms with Crippen LogP contribution < -0.4 is 4.90 Å². The molecule has 0 saturated carbocycles. The molecule has 23 heavy (non-hydrogen) atoms. The van der Waals surface area contributed by atoms with Gasteiger partial charge in [0.25, 0.3) is 5.91 Å². The molecule has 2 aliphatic heterocycles. The third kappa shape index (κ3) is 2.53. The number of hydrogen-bond acceptors (Lipinski definition) is 5. The van der Waals surface area contributed by atoms with E-state index in [2.05, 4.69) is 4.99 Å². The molecule has 0 spiro atoms. The van der Waals surface area contributed by atoms with Gasteiger partial charge >= 0.3 is 0 Å². The van der Waals surface area contributed by atoms with Crippen LogP contribution in [-0.4, -0.2) is 28.5 Å². The molecule has 0 aliphatic carbocycles. The number of carbonyl (C=O) groups excluding carboxylic acids is 1. The Morgan fingerprint density at radius 1 is 1.26 bits per heavy atom. The maximum Gasteiger partial charge on any atom is 0.280 e. The molecule has 116 valence electrons. The molecule has 0 radical (unpaired) electrons. The van der Waals surface area contributed by atoms with Gasteiger partial charge in [-0.3, -0.25) is 9.69 Å². The van der Waals surface area contributed by atoms with Gasteiger partial charge in [-0.1, -0.05) is 23.9 Å². The number of amidine groups is 1. The Labute approximate surface area is 136 Å². The zero-order chi connectivity index (χ0) is 15.8. The third-order valence-electron chi connectivity index (χ3n) is 3.59. The third-order valence-corrected chi connectivity index (χ3v) is 4.60. The van der Waals surface area contributed by atoms with E-state index in [1.807, 2.05) is 4.90 Å². The average Bonchev–Trinajstić information content (AvgIpc) is 3.17. The molecular formula is C16H12FN3O2S. The van der Waals surface area contributed by atoms with Crippen molar-refractivity contribution in [2.24, 2.45) is 4.99 Å². The quantitative estimate of drug-likeness (QED) is 0.794. The topological polar surface area (TPSA) is 49.1 Å². The molecule has 3 heterocycles. The first kappa shape index (κ1) is 14.1. The zero-order valence-electron chi connectivity index (χ0n) is 12.0. The van der Waals surface area contributed by atoms with Gasteiger partial charge in [0, 0.05) is 6.08 Å². The first-order valence-electron chi connectivity index (χ1n) is 7.00. The number of benzene rings is 1. The number of hydrogen-bond donors (Lipinski definition) is 0. The van der Waals surface area contributed by atoms with Crippen LogP contribution in [0.4, 0.5) is 10.1 Å². The van der Waals surface area contributed by atoms with Gasteiger partial charge in [-0.2, -0.15) is 0 Å². The smallest absolute Gasteiger partial charge is 0.280 e. The molecule has 7 heteroatoms. The summed E-state index contributed by atoms with van der Waals surface area (Å²) in [4.78, 5) is 20.2. The molecule has 1 saturated heterocycles. The lowest BCUT2D eigenvalue weighted by Crippen LogP contribution is -2.46. The monoisotopic (exact) mass is 329 g/mol. The van der Waals surface area contributed by atoms with E-state index in [4.69, 9.17) is 4.42 Å². The Kier molecular flexibility index (Phi) is 3.42. The van der Waals surface area contributed by atoms with E-state index >= 15 is 0 Å². The molecule has 1 fully saturated rings. The van der Waals surface area contributed by atoms with Gasteiger partial charge in [-0.05, 0) is 24.3 Å². The van der Waals surface area contributed by atoms with Crippen molar-refractivity contribution in [3.05, 3.63) is 59.9 Å². The van der Waals surface area contributed by atoms with Crippen molar-refractivity contribution in [1.29, 1.82) is 0 Å². The highest BCUT2D eigenvalue weighted by atomic mass is 32.2. The SMILES string of the molecule is O=C1C(=Cc2ccco2)N=C2SCN(c3ccccc3F)CN12.